The van der Waals surface area contributed by atoms with E-state index in [4.69, 9.17) is 22.8 Å². The monoisotopic (exact) mass is 351 g/mol. The van der Waals surface area contributed by atoms with Gasteiger partial charge in [-0.15, -0.1) is 0 Å². The molecule has 4 aromatic rings. The van der Waals surface area contributed by atoms with Gasteiger partial charge in [-0.2, -0.15) is 5.10 Å². The maximum Gasteiger partial charge on any atom is 0.214 e. The molecule has 4 rings (SSSR count). The highest BCUT2D eigenvalue weighted by Crippen LogP contribution is 2.29. The van der Waals surface area contributed by atoms with Crippen molar-refractivity contribution >= 4 is 23.1 Å². The molecule has 6 nitrogen and oxygen atoms in total. The lowest BCUT2D eigenvalue weighted by Gasteiger charge is -2.06. The summed E-state index contributed by atoms with van der Waals surface area (Å²) >= 11 is 5.13. The summed E-state index contributed by atoms with van der Waals surface area (Å²) in [7, 11) is 1.67. The standard InChI is InChI=1S/C18H17N5OS/c1-24-13-8-6-12(7-9-13)10-22-11-15(14-4-2-3-5-16(14)22)17-20-21-18(25)23(17)19/h2-9,11H,10,19H2,1H3,(H,21,25). The number of benzene rings is 2. The predicted molar refractivity (Wildman–Crippen MR) is 101 cm³/mol. The maximum atomic E-state index is 6.02. The number of nitrogens with one attached hydrogen (secondary N) is 1. The Morgan fingerprint density at radius 2 is 1.92 bits per heavy atom. The van der Waals surface area contributed by atoms with Crippen LogP contribution in [0, 0.1) is 4.77 Å². The Kier molecular flexibility index (Phi) is 3.77. The van der Waals surface area contributed by atoms with Crippen molar-refractivity contribution in [1.82, 2.24) is 19.4 Å². The fourth-order valence-electron chi connectivity index (χ4n) is 2.98. The second-order valence-electron chi connectivity index (χ2n) is 5.76. The van der Waals surface area contributed by atoms with Gasteiger partial charge in [-0.05, 0) is 36.0 Å². The average molecular weight is 351 g/mol. The molecule has 0 fully saturated rings. The summed E-state index contributed by atoms with van der Waals surface area (Å²) in [6, 6.07) is 16.2. The average Bonchev–Trinajstić information content (AvgIpc) is 3.17. The van der Waals surface area contributed by atoms with E-state index in [9.17, 15) is 0 Å². The molecule has 25 heavy (non-hydrogen) atoms. The lowest BCUT2D eigenvalue weighted by atomic mass is 10.1. The molecule has 0 amide bonds. The van der Waals surface area contributed by atoms with Crippen LogP contribution in [0.4, 0.5) is 0 Å². The first-order chi connectivity index (χ1) is 12.2. The Morgan fingerprint density at radius 1 is 1.16 bits per heavy atom. The van der Waals surface area contributed by atoms with Crippen molar-refractivity contribution in [1.29, 1.82) is 0 Å². The van der Waals surface area contributed by atoms with E-state index in [-0.39, 0.29) is 0 Å². The summed E-state index contributed by atoms with van der Waals surface area (Å²) in [5.74, 6) is 7.48. The van der Waals surface area contributed by atoms with Crippen molar-refractivity contribution in [3.05, 3.63) is 65.1 Å². The molecule has 0 aliphatic heterocycles. The summed E-state index contributed by atoms with van der Waals surface area (Å²) in [5, 5.41) is 8.09. The third-order valence-electron chi connectivity index (χ3n) is 4.25. The molecule has 2 aromatic carbocycles. The Bertz CT molecular complexity index is 1090. The van der Waals surface area contributed by atoms with Gasteiger partial charge in [-0.3, -0.25) is 0 Å². The van der Waals surface area contributed by atoms with E-state index in [1.54, 1.807) is 7.11 Å². The molecule has 0 spiro atoms. The third-order valence-corrected chi connectivity index (χ3v) is 4.53. The molecule has 0 unspecified atom stereocenters. The Hall–Kier alpha value is -3.06. The number of nitrogen functional groups attached to an aromatic ring is 1. The van der Waals surface area contributed by atoms with Crippen molar-refractivity contribution in [2.75, 3.05) is 13.0 Å². The van der Waals surface area contributed by atoms with Crippen molar-refractivity contribution in [2.24, 2.45) is 0 Å². The molecule has 0 bridgehead atoms. The lowest BCUT2D eigenvalue weighted by Crippen LogP contribution is -2.09. The number of nitrogens with zero attached hydrogens (tertiary/aromatic N) is 3. The molecule has 0 aliphatic rings. The molecule has 0 saturated heterocycles. The van der Waals surface area contributed by atoms with Crippen LogP contribution in [0.15, 0.2) is 54.7 Å². The van der Waals surface area contributed by atoms with Crippen molar-refractivity contribution < 1.29 is 4.74 Å². The second-order valence-corrected chi connectivity index (χ2v) is 6.14. The SMILES string of the molecule is COc1ccc(Cn2cc(-c3n[nH]c(=S)n3N)c3ccccc32)cc1. The number of aromatic nitrogens is 4. The summed E-state index contributed by atoms with van der Waals surface area (Å²) < 4.78 is 9.20. The Labute approximate surface area is 149 Å². The Morgan fingerprint density at radius 3 is 2.60 bits per heavy atom. The number of para-hydroxylation sites is 1. The van der Waals surface area contributed by atoms with Gasteiger partial charge >= 0.3 is 0 Å². The van der Waals surface area contributed by atoms with Crippen LogP contribution >= 0.6 is 12.2 Å². The van der Waals surface area contributed by atoms with E-state index >= 15 is 0 Å². The topological polar surface area (TPSA) is 73.8 Å². The van der Waals surface area contributed by atoms with E-state index in [0.29, 0.717) is 10.6 Å². The molecule has 0 saturated carbocycles. The van der Waals surface area contributed by atoms with Crippen LogP contribution in [0.3, 0.4) is 0 Å². The molecule has 3 N–H and O–H groups in total. The summed E-state index contributed by atoms with van der Waals surface area (Å²) in [5.41, 5.74) is 3.24. The van der Waals surface area contributed by atoms with Crippen molar-refractivity contribution in [2.45, 2.75) is 6.54 Å². The second kappa shape index (κ2) is 6.10. The van der Waals surface area contributed by atoms with E-state index in [1.807, 2.05) is 24.3 Å². The predicted octanol–water partition coefficient (Wildman–Crippen LogP) is 3.33. The van der Waals surface area contributed by atoms with Crippen molar-refractivity contribution in [3.63, 3.8) is 0 Å². The zero-order chi connectivity index (χ0) is 17.4. The molecular formula is C18H17N5OS. The quantitative estimate of drug-likeness (QED) is 0.437. The molecule has 0 radical (unpaired) electrons. The zero-order valence-electron chi connectivity index (χ0n) is 13.6. The van der Waals surface area contributed by atoms with Crippen molar-refractivity contribution in [3.8, 4) is 17.1 Å². The summed E-state index contributed by atoms with van der Waals surface area (Å²) in [6.45, 7) is 0.736. The minimum atomic E-state index is 0.391. The number of aromatic amines is 1. The van der Waals surface area contributed by atoms with Crippen LogP contribution in [0.2, 0.25) is 0 Å². The van der Waals surface area contributed by atoms with Gasteiger partial charge < -0.3 is 15.1 Å². The highest BCUT2D eigenvalue weighted by atomic mass is 32.1. The molecule has 126 valence electrons. The molecule has 0 atom stereocenters. The van der Waals surface area contributed by atoms with Crippen LogP contribution in [0.5, 0.6) is 5.75 Å². The molecule has 0 aliphatic carbocycles. The van der Waals surface area contributed by atoms with Crippen LogP contribution in [-0.4, -0.2) is 26.6 Å². The van der Waals surface area contributed by atoms with Gasteiger partial charge in [0.05, 0.1) is 7.11 Å². The van der Waals surface area contributed by atoms with E-state index < -0.39 is 0 Å². The first-order valence-electron chi connectivity index (χ1n) is 7.81. The van der Waals surface area contributed by atoms with Gasteiger partial charge in [0, 0.05) is 29.2 Å². The third kappa shape index (κ3) is 2.68. The van der Waals surface area contributed by atoms with E-state index in [1.165, 1.54) is 10.2 Å². The normalized spacial score (nSPS) is 11.1. The lowest BCUT2D eigenvalue weighted by molar-refractivity contribution is 0.414. The number of ether oxygens (including phenoxy) is 1. The number of nitrogens with two attached hydrogens (primary N) is 1. The highest BCUT2D eigenvalue weighted by Gasteiger charge is 2.15. The van der Waals surface area contributed by atoms with Crippen LogP contribution < -0.4 is 10.6 Å². The van der Waals surface area contributed by atoms with E-state index in [0.717, 1.165) is 28.8 Å². The Balaban J connectivity index is 1.81. The first-order valence-corrected chi connectivity index (χ1v) is 8.22. The largest absolute Gasteiger partial charge is 0.497 e. The maximum absolute atomic E-state index is 6.02. The summed E-state index contributed by atoms with van der Waals surface area (Å²) in [4.78, 5) is 0. The zero-order valence-corrected chi connectivity index (χ0v) is 14.5. The molecular weight excluding hydrogens is 334 g/mol. The van der Waals surface area contributed by atoms with Gasteiger partial charge in [0.25, 0.3) is 0 Å². The van der Waals surface area contributed by atoms with Gasteiger partial charge in [0.2, 0.25) is 4.77 Å². The number of H-pyrrole nitrogens is 1. The van der Waals surface area contributed by atoms with E-state index in [2.05, 4.69) is 45.2 Å². The van der Waals surface area contributed by atoms with Crippen LogP contribution in [-0.2, 0) is 6.54 Å². The minimum Gasteiger partial charge on any atom is -0.497 e. The number of hydrogen-bond donors (Lipinski definition) is 2. The summed E-state index contributed by atoms with van der Waals surface area (Å²) in [6.07, 6.45) is 2.06. The number of hydrogen-bond acceptors (Lipinski definition) is 4. The fourth-order valence-corrected chi connectivity index (χ4v) is 3.11. The first kappa shape index (κ1) is 15.5. The molecule has 7 heteroatoms. The number of fused-ring (bicyclic) bond motifs is 1. The van der Waals surface area contributed by atoms with Crippen LogP contribution in [0.1, 0.15) is 5.56 Å². The molecule has 2 heterocycles. The number of methoxy groups -OCH3 is 1. The highest BCUT2D eigenvalue weighted by molar-refractivity contribution is 7.71. The minimum absolute atomic E-state index is 0.391. The van der Waals surface area contributed by atoms with Gasteiger partial charge in [-0.1, -0.05) is 30.3 Å². The smallest absolute Gasteiger partial charge is 0.214 e. The number of rotatable bonds is 4. The van der Waals surface area contributed by atoms with Gasteiger partial charge in [-0.25, -0.2) is 9.77 Å². The fraction of sp³-hybridized carbons (Fsp3) is 0.111. The van der Waals surface area contributed by atoms with Gasteiger partial charge in [0.1, 0.15) is 5.75 Å². The van der Waals surface area contributed by atoms with Crippen LogP contribution in [0.25, 0.3) is 22.3 Å². The molecule has 2 aromatic heterocycles. The van der Waals surface area contributed by atoms with Gasteiger partial charge in [0.15, 0.2) is 5.82 Å².